The summed E-state index contributed by atoms with van der Waals surface area (Å²) in [5.74, 6) is -16.6. The van der Waals surface area contributed by atoms with E-state index in [2.05, 4.69) is 67.0 Å². The number of hydrogen-bond acceptors (Lipinski definition) is 35. The Hall–Kier alpha value is -12.1. The second kappa shape index (κ2) is 48.1. The molecule has 7 aromatic rings. The Morgan fingerprint density at radius 1 is 0.496 bits per heavy atom. The minimum Gasteiger partial charge on any atom is -0.508 e. The summed E-state index contributed by atoms with van der Waals surface area (Å²) in [6, 6.07) is 4.88. The topological polar surface area (TPSA) is 692 Å². The Morgan fingerprint density at radius 2 is 1.06 bits per heavy atom. The number of aliphatic hydroxyl groups is 10. The lowest BCUT2D eigenvalue weighted by atomic mass is 9.95. The third-order valence-electron chi connectivity index (χ3n) is 24.5. The van der Waals surface area contributed by atoms with E-state index in [1.54, 1.807) is 0 Å². The van der Waals surface area contributed by atoms with E-state index in [-0.39, 0.29) is 75.0 Å². The van der Waals surface area contributed by atoms with Crippen molar-refractivity contribution in [2.24, 2.45) is 17.4 Å². The third-order valence-corrected chi connectivity index (χ3v) is 25.1. The van der Waals surface area contributed by atoms with Crippen molar-refractivity contribution in [3.8, 4) is 69.0 Å². The fourth-order valence-corrected chi connectivity index (χ4v) is 17.4. The number of ether oxygens (including phenoxy) is 9. The SMILES string of the molecule is CC(=O)NC1C(OC2c3ccc(c(Cl)c3)Oc3cc4cc(c3OC3OC(CO)C(O)C(O)C3NC(=O)CCCCCCC(C)C)Oc3ccc(cc3Cl)CC3NC(=O)C(N)c5ccc(O)c(c5)Oc5cc(O)cc(c5)C(NC3=O)C(=O)NC4C(=O)NC(c3ccc(O)cc3)C(=O)NC2C(=O)NC(C(=O)NCCCNCCCCN)c2cc(O)cc(OC3OC(CO)C(O)C(O)C3O)c2)OC(CO)C(O)C1O. The first-order valence-electron chi connectivity index (χ1n) is 45.9. The van der Waals surface area contributed by atoms with Crippen LogP contribution in [-0.4, -0.2) is 275 Å². The molecule has 28 N–H and O–H groups in total. The quantitative estimate of drug-likeness (QED) is 0.0267. The van der Waals surface area contributed by atoms with Gasteiger partial charge in [0.2, 0.25) is 71.5 Å². The van der Waals surface area contributed by atoms with Crippen LogP contribution in [0.1, 0.15) is 154 Å². The van der Waals surface area contributed by atoms with Crippen LogP contribution < -0.4 is 88.3 Å². The van der Waals surface area contributed by atoms with Crippen molar-refractivity contribution in [3.05, 3.63) is 176 Å². The lowest BCUT2D eigenvalue weighted by Gasteiger charge is -2.44. The molecule has 8 heterocycles. The molecule has 0 spiro atoms. The number of benzene rings is 7. The van der Waals surface area contributed by atoms with E-state index in [1.165, 1.54) is 30.3 Å². The zero-order valence-corrected chi connectivity index (χ0v) is 78.0. The highest BCUT2D eigenvalue weighted by Crippen LogP contribution is 2.50. The molecule has 141 heavy (non-hydrogen) atoms. The van der Waals surface area contributed by atoms with Gasteiger partial charge in [-0.3, -0.25) is 43.2 Å². The zero-order chi connectivity index (χ0) is 101. The number of nitrogens with two attached hydrogens (primary N) is 2. The van der Waals surface area contributed by atoms with Gasteiger partial charge in [0, 0.05) is 38.4 Å². The molecular weight excluding hydrogens is 1890 g/mol. The molecule has 9 amide bonds. The monoisotopic (exact) mass is 2010 g/mol. The van der Waals surface area contributed by atoms with Crippen LogP contribution in [0, 0.1) is 5.92 Å². The molecule has 3 fully saturated rings. The number of phenolic OH excluding ortho intramolecular Hbond substituents is 4. The molecule has 23 unspecified atom stereocenters. The van der Waals surface area contributed by atoms with Crippen molar-refractivity contribution in [2.75, 3.05) is 46.0 Å². The summed E-state index contributed by atoms with van der Waals surface area (Å²) >= 11 is 14.9. The number of amides is 9. The van der Waals surface area contributed by atoms with Crippen LogP contribution in [0.5, 0.6) is 69.0 Å². The van der Waals surface area contributed by atoms with E-state index in [1.807, 2.05) is 0 Å². The number of unbranched alkanes of at least 4 members (excludes halogenated alkanes) is 4. The maximum atomic E-state index is 16.9. The number of carbonyl (C=O) groups is 9. The van der Waals surface area contributed by atoms with Gasteiger partial charge in [-0.1, -0.05) is 93.1 Å². The lowest BCUT2D eigenvalue weighted by molar-refractivity contribution is -0.284. The van der Waals surface area contributed by atoms with Gasteiger partial charge in [0.25, 0.3) is 0 Å². The third kappa shape index (κ3) is 26.2. The van der Waals surface area contributed by atoms with E-state index < -0.39 is 282 Å². The minimum atomic E-state index is -2.55. The Bertz CT molecular complexity index is 5620. The van der Waals surface area contributed by atoms with Crippen LogP contribution in [0.25, 0.3) is 0 Å². The molecule has 0 aliphatic carbocycles. The Labute approximate surface area is 816 Å². The number of aliphatic hydroxyl groups excluding tert-OH is 10. The Morgan fingerprint density at radius 3 is 1.70 bits per heavy atom. The molecule has 13 bridgehead atoms. The molecule has 15 rings (SSSR count). The number of aromatic hydroxyl groups is 4. The predicted octanol–water partition coefficient (Wildman–Crippen LogP) is 0.789. The summed E-state index contributed by atoms with van der Waals surface area (Å²) < 4.78 is 57.6. The summed E-state index contributed by atoms with van der Waals surface area (Å²) in [4.78, 5) is 140. The summed E-state index contributed by atoms with van der Waals surface area (Å²) in [5, 5.41) is 184. The first kappa shape index (κ1) is 106. The number of carbonyl (C=O) groups excluding carboxylic acids is 9. The fraction of sp³-hybridized carbons (Fsp3) is 0.463. The minimum absolute atomic E-state index is 0.0413. The van der Waals surface area contributed by atoms with E-state index in [4.69, 9.17) is 77.3 Å². The molecule has 0 radical (unpaired) electrons. The molecule has 46 heteroatoms. The highest BCUT2D eigenvalue weighted by Gasteiger charge is 2.52. The molecule has 7 aromatic carbocycles. The smallest absolute Gasteiger partial charge is 0.248 e. The fourth-order valence-electron chi connectivity index (χ4n) is 16.9. The number of halogens is 2. The summed E-state index contributed by atoms with van der Waals surface area (Å²) in [6.45, 7) is 3.23. The molecule has 0 aromatic heterocycles. The van der Waals surface area contributed by atoms with Gasteiger partial charge < -0.3 is 179 Å². The van der Waals surface area contributed by atoms with Crippen molar-refractivity contribution < 1.29 is 157 Å². The van der Waals surface area contributed by atoms with Crippen LogP contribution in [0.15, 0.2) is 127 Å². The number of phenols is 4. The standard InChI is InChI=1S/C95H116Cl2N12O32/c1-42(2)11-6-4-5-7-12-68(118)104-75-81(123)78(120)66(40-111)138-94(75)141-85-63-35-50-36-64(85)136-61-22-17-47(33-57(61)97)84(140-93-74(102-43(3)113)80(122)77(119)65(39-110)137-93)76(92(132)107-71(88(128)101-26-10-25-100-24-9-8-23-98)48-29-53(116)38-55(32-48)134-95-83(125)82(124)79(121)67(41-112)139-95)109-89(129)70(45-14-18-51(114)19-15-45)106-91(131)73(50)108-90(130)72-49-30-52(115)37-54(31-49)133-62-34-46(16-20-59(62)117)69(99)87(127)103-58(86(126)105-72)28-44-13-21-60(135-63)56(96)27-44/h13-22,27,29-38,42,58,65-67,69-84,93-95,100,110-112,114-117,119-125H,4-12,23-26,28,39-41,98-99H2,1-3H3,(H,101,128)(H,102,113)(H,103,127)(H,104,118)(H,105,126)(H,106,131)(H,107,132)(H,108,130)(H,109,129). The van der Waals surface area contributed by atoms with E-state index in [9.17, 15) is 85.9 Å². The molecule has 0 saturated carbocycles. The van der Waals surface area contributed by atoms with Gasteiger partial charge in [0.1, 0.15) is 162 Å². The predicted molar refractivity (Wildman–Crippen MR) is 495 cm³/mol. The maximum Gasteiger partial charge on any atom is 0.248 e. The second-order valence-electron chi connectivity index (χ2n) is 35.4. The highest BCUT2D eigenvalue weighted by molar-refractivity contribution is 6.32. The number of hydrogen-bond donors (Lipinski definition) is 26. The molecule has 3 saturated heterocycles. The molecule has 8 aliphatic heterocycles. The van der Waals surface area contributed by atoms with Crippen LogP contribution >= 0.6 is 23.2 Å². The van der Waals surface area contributed by atoms with Crippen molar-refractivity contribution in [2.45, 2.75) is 225 Å². The molecule has 44 nitrogen and oxygen atoms in total. The van der Waals surface area contributed by atoms with Gasteiger partial charge in [-0.15, -0.1) is 0 Å². The van der Waals surface area contributed by atoms with Crippen molar-refractivity contribution in [1.82, 2.24) is 53.2 Å². The van der Waals surface area contributed by atoms with Crippen LogP contribution in [0.4, 0.5) is 0 Å². The lowest BCUT2D eigenvalue weighted by Crippen LogP contribution is -2.65. The first-order valence-corrected chi connectivity index (χ1v) is 46.6. The average molecular weight is 2010 g/mol. The normalized spacial score (nSPS) is 27.1. The highest BCUT2D eigenvalue weighted by atomic mass is 35.5. The molecule has 23 atom stereocenters. The van der Waals surface area contributed by atoms with Crippen molar-refractivity contribution in [3.63, 3.8) is 0 Å². The number of rotatable bonds is 31. The van der Waals surface area contributed by atoms with Gasteiger partial charge in [-0.2, -0.15) is 0 Å². The van der Waals surface area contributed by atoms with Gasteiger partial charge in [-0.05, 0) is 175 Å². The number of fused-ring (bicyclic) bond motifs is 15. The molecule has 762 valence electrons. The van der Waals surface area contributed by atoms with Gasteiger partial charge in [-0.25, -0.2) is 0 Å². The van der Waals surface area contributed by atoms with Crippen LogP contribution in [-0.2, 0) is 68.5 Å². The van der Waals surface area contributed by atoms with Gasteiger partial charge in [0.05, 0.1) is 29.9 Å². The largest absolute Gasteiger partial charge is 0.508 e. The molecular formula is C95H116Cl2N12O32. The second-order valence-corrected chi connectivity index (χ2v) is 36.2. The average Bonchev–Trinajstić information content (AvgIpc) is 0.760. The van der Waals surface area contributed by atoms with E-state index in [0.29, 0.717) is 51.2 Å². The van der Waals surface area contributed by atoms with Gasteiger partial charge in [0.15, 0.2) is 29.3 Å². The first-order chi connectivity index (χ1) is 67.4. The number of nitrogens with one attached hydrogen (secondary N) is 10. The van der Waals surface area contributed by atoms with Crippen molar-refractivity contribution >= 4 is 76.4 Å². The Kier molecular flexibility index (Phi) is 36.2. The maximum absolute atomic E-state index is 16.9. The summed E-state index contributed by atoms with van der Waals surface area (Å²) in [7, 11) is 0. The summed E-state index contributed by atoms with van der Waals surface area (Å²) in [5.41, 5.74) is 10.6. The van der Waals surface area contributed by atoms with Crippen LogP contribution in [0.2, 0.25) is 10.0 Å². The van der Waals surface area contributed by atoms with E-state index in [0.717, 1.165) is 123 Å². The van der Waals surface area contributed by atoms with Crippen LogP contribution in [0.3, 0.4) is 0 Å². The van der Waals surface area contributed by atoms with E-state index >= 15 is 28.8 Å². The molecule has 8 aliphatic rings. The van der Waals surface area contributed by atoms with Crippen molar-refractivity contribution in [1.29, 1.82) is 0 Å². The summed E-state index contributed by atoms with van der Waals surface area (Å²) in [6.07, 6.45) is -23.2. The van der Waals surface area contributed by atoms with Gasteiger partial charge >= 0.3 is 0 Å². The zero-order valence-electron chi connectivity index (χ0n) is 76.5. The Balaban J connectivity index is 1.04.